The number of carbonyl (C=O) groups is 2. The number of hydrogen-bond donors (Lipinski definition) is 2. The van der Waals surface area contributed by atoms with Crippen molar-refractivity contribution in [2.45, 2.75) is 52.1 Å². The Hall–Kier alpha value is -1.94. The van der Waals surface area contributed by atoms with Gasteiger partial charge in [-0.05, 0) is 27.7 Å². The third-order valence-corrected chi connectivity index (χ3v) is 5.90. The molecular formula is C14H24N4O5S. The topological polar surface area (TPSA) is 122 Å². The Kier molecular flexibility index (Phi) is 6.50. The fraction of sp³-hybridized carbons (Fsp3) is 0.643. The van der Waals surface area contributed by atoms with Crippen LogP contribution in [0, 0.1) is 13.8 Å². The summed E-state index contributed by atoms with van der Waals surface area (Å²) in [5, 5.41) is 15.9. The molecule has 136 valence electrons. The summed E-state index contributed by atoms with van der Waals surface area (Å²) in [6.45, 7) is 8.02. The van der Waals surface area contributed by atoms with E-state index in [2.05, 4.69) is 10.4 Å². The van der Waals surface area contributed by atoms with E-state index < -0.39 is 22.0 Å². The quantitative estimate of drug-likeness (QED) is 0.679. The first kappa shape index (κ1) is 20.1. The second-order valence-corrected chi connectivity index (χ2v) is 7.26. The Morgan fingerprint density at radius 3 is 2.38 bits per heavy atom. The summed E-state index contributed by atoms with van der Waals surface area (Å²) < 4.78 is 28.5. The Labute approximate surface area is 141 Å². The first-order valence-electron chi connectivity index (χ1n) is 7.57. The van der Waals surface area contributed by atoms with Gasteiger partial charge >= 0.3 is 5.97 Å². The first-order valence-corrected chi connectivity index (χ1v) is 9.01. The van der Waals surface area contributed by atoms with E-state index in [-0.39, 0.29) is 23.9 Å². The molecule has 1 atom stereocenters. The average Bonchev–Trinajstić information content (AvgIpc) is 2.77. The van der Waals surface area contributed by atoms with E-state index in [4.69, 9.17) is 0 Å². The largest absolute Gasteiger partial charge is 0.480 e. The van der Waals surface area contributed by atoms with Crippen LogP contribution in [0.5, 0.6) is 0 Å². The van der Waals surface area contributed by atoms with Gasteiger partial charge in [0.25, 0.3) is 0 Å². The molecule has 1 aromatic heterocycles. The highest BCUT2D eigenvalue weighted by Gasteiger charge is 2.36. The SMILES string of the molecule is CCn1nc(C)c(S(=O)(=O)N(CCNC(C)=O)C(C)C(=O)O)c1C. The van der Waals surface area contributed by atoms with Gasteiger partial charge in [-0.1, -0.05) is 0 Å². The van der Waals surface area contributed by atoms with E-state index in [1.165, 1.54) is 13.8 Å². The van der Waals surface area contributed by atoms with E-state index in [1.807, 2.05) is 6.92 Å². The first-order chi connectivity index (χ1) is 11.0. The van der Waals surface area contributed by atoms with Crippen molar-refractivity contribution < 1.29 is 23.1 Å². The van der Waals surface area contributed by atoms with Crippen LogP contribution in [0.3, 0.4) is 0 Å². The average molecular weight is 360 g/mol. The van der Waals surface area contributed by atoms with E-state index in [0.29, 0.717) is 17.9 Å². The fourth-order valence-corrected chi connectivity index (χ4v) is 4.43. The molecular weight excluding hydrogens is 336 g/mol. The van der Waals surface area contributed by atoms with Crippen LogP contribution in [-0.2, 0) is 26.2 Å². The Balaban J connectivity index is 3.31. The minimum atomic E-state index is -4.08. The summed E-state index contributed by atoms with van der Waals surface area (Å²) in [6, 6.07) is -1.27. The molecule has 0 radical (unpaired) electrons. The molecule has 0 aromatic carbocycles. The van der Waals surface area contributed by atoms with Crippen molar-refractivity contribution in [3.63, 3.8) is 0 Å². The highest BCUT2D eigenvalue weighted by Crippen LogP contribution is 2.25. The summed E-state index contributed by atoms with van der Waals surface area (Å²) in [4.78, 5) is 22.3. The van der Waals surface area contributed by atoms with Crippen LogP contribution >= 0.6 is 0 Å². The molecule has 0 saturated carbocycles. The van der Waals surface area contributed by atoms with Crippen molar-refractivity contribution in [1.82, 2.24) is 19.4 Å². The van der Waals surface area contributed by atoms with Crippen LogP contribution in [-0.4, -0.2) is 58.6 Å². The van der Waals surface area contributed by atoms with Gasteiger partial charge in [-0.25, -0.2) is 8.42 Å². The monoisotopic (exact) mass is 360 g/mol. The molecule has 1 aromatic rings. The van der Waals surface area contributed by atoms with Gasteiger partial charge < -0.3 is 10.4 Å². The van der Waals surface area contributed by atoms with E-state index in [9.17, 15) is 23.1 Å². The molecule has 0 aliphatic carbocycles. The Morgan fingerprint density at radius 1 is 1.38 bits per heavy atom. The van der Waals surface area contributed by atoms with Crippen molar-refractivity contribution in [1.29, 1.82) is 0 Å². The van der Waals surface area contributed by atoms with E-state index in [1.54, 1.807) is 18.5 Å². The minimum absolute atomic E-state index is 0.0141. The van der Waals surface area contributed by atoms with E-state index in [0.717, 1.165) is 4.31 Å². The van der Waals surface area contributed by atoms with Gasteiger partial charge in [0.2, 0.25) is 15.9 Å². The number of amides is 1. The highest BCUT2D eigenvalue weighted by molar-refractivity contribution is 7.89. The van der Waals surface area contributed by atoms with Crippen molar-refractivity contribution in [3.05, 3.63) is 11.4 Å². The highest BCUT2D eigenvalue weighted by atomic mass is 32.2. The van der Waals surface area contributed by atoms with Crippen LogP contribution in [0.25, 0.3) is 0 Å². The third kappa shape index (κ3) is 4.12. The van der Waals surface area contributed by atoms with Crippen LogP contribution in [0.2, 0.25) is 0 Å². The summed E-state index contributed by atoms with van der Waals surface area (Å²) in [5.74, 6) is -1.58. The van der Waals surface area contributed by atoms with Gasteiger partial charge in [-0.15, -0.1) is 0 Å². The van der Waals surface area contributed by atoms with Crippen molar-refractivity contribution in [3.8, 4) is 0 Å². The Morgan fingerprint density at radius 2 is 1.96 bits per heavy atom. The van der Waals surface area contributed by atoms with Gasteiger partial charge in [0.15, 0.2) is 0 Å². The van der Waals surface area contributed by atoms with Crippen LogP contribution in [0.4, 0.5) is 0 Å². The van der Waals surface area contributed by atoms with Gasteiger partial charge in [-0.2, -0.15) is 9.40 Å². The van der Waals surface area contributed by atoms with Crippen molar-refractivity contribution >= 4 is 21.9 Å². The lowest BCUT2D eigenvalue weighted by Gasteiger charge is -2.26. The number of nitrogens with one attached hydrogen (secondary N) is 1. The number of aryl methyl sites for hydroxylation is 2. The third-order valence-electron chi connectivity index (χ3n) is 3.68. The smallest absolute Gasteiger partial charge is 0.321 e. The predicted octanol–water partition coefficient (Wildman–Crippen LogP) is 0.120. The number of carboxylic acid groups (broad SMARTS) is 1. The van der Waals surface area contributed by atoms with Crippen molar-refractivity contribution in [2.75, 3.05) is 13.1 Å². The zero-order valence-electron chi connectivity index (χ0n) is 14.5. The second-order valence-electron chi connectivity index (χ2n) is 5.43. The summed E-state index contributed by atoms with van der Waals surface area (Å²) in [5.41, 5.74) is 0.772. The van der Waals surface area contributed by atoms with Gasteiger partial charge in [0.05, 0.1) is 11.4 Å². The number of sulfonamides is 1. The molecule has 0 saturated heterocycles. The molecule has 1 rings (SSSR count). The van der Waals surface area contributed by atoms with Gasteiger partial charge in [0.1, 0.15) is 10.9 Å². The van der Waals surface area contributed by atoms with Gasteiger partial charge in [0, 0.05) is 26.6 Å². The molecule has 1 unspecified atom stereocenters. The Bertz CT molecular complexity index is 726. The maximum absolute atomic E-state index is 13.0. The summed E-state index contributed by atoms with van der Waals surface area (Å²) >= 11 is 0. The maximum atomic E-state index is 13.0. The summed E-state index contributed by atoms with van der Waals surface area (Å²) in [7, 11) is -4.08. The van der Waals surface area contributed by atoms with Crippen LogP contribution < -0.4 is 5.32 Å². The standard InChI is InChI=1S/C14H24N4O5S/c1-6-17-10(3)13(9(2)16-17)24(22,23)18(11(4)14(20)21)8-7-15-12(5)19/h11H,6-8H2,1-5H3,(H,15,19)(H,20,21). The molecule has 24 heavy (non-hydrogen) atoms. The zero-order valence-corrected chi connectivity index (χ0v) is 15.3. The predicted molar refractivity (Wildman–Crippen MR) is 87.0 cm³/mol. The van der Waals surface area contributed by atoms with Gasteiger partial charge in [-0.3, -0.25) is 14.3 Å². The molecule has 0 bridgehead atoms. The molecule has 10 heteroatoms. The fourth-order valence-electron chi connectivity index (χ4n) is 2.47. The number of hydrogen-bond acceptors (Lipinski definition) is 5. The zero-order chi connectivity index (χ0) is 18.7. The normalized spacial score (nSPS) is 13.1. The molecule has 1 heterocycles. The number of carboxylic acids is 1. The lowest BCUT2D eigenvalue weighted by Crippen LogP contribution is -2.46. The molecule has 2 N–H and O–H groups in total. The number of rotatable bonds is 8. The molecule has 0 fully saturated rings. The maximum Gasteiger partial charge on any atom is 0.321 e. The van der Waals surface area contributed by atoms with Crippen LogP contribution in [0.1, 0.15) is 32.2 Å². The molecule has 1 amide bonds. The minimum Gasteiger partial charge on any atom is -0.480 e. The lowest BCUT2D eigenvalue weighted by molar-refractivity contribution is -0.140. The molecule has 0 aliphatic heterocycles. The lowest BCUT2D eigenvalue weighted by atomic mass is 10.3. The summed E-state index contributed by atoms with van der Waals surface area (Å²) in [6.07, 6.45) is 0. The molecule has 0 aliphatic rings. The number of carbonyl (C=O) groups excluding carboxylic acids is 1. The second kappa shape index (κ2) is 7.75. The van der Waals surface area contributed by atoms with Crippen LogP contribution in [0.15, 0.2) is 4.90 Å². The van der Waals surface area contributed by atoms with Crippen molar-refractivity contribution in [2.24, 2.45) is 0 Å². The molecule has 0 spiro atoms. The van der Waals surface area contributed by atoms with E-state index >= 15 is 0 Å². The number of nitrogens with zero attached hydrogens (tertiary/aromatic N) is 3. The number of aromatic nitrogens is 2. The number of aliphatic carboxylic acids is 1. The molecule has 9 nitrogen and oxygen atoms in total.